The molecule has 0 aliphatic heterocycles. The van der Waals surface area contributed by atoms with Gasteiger partial charge in [0, 0.05) is 19.3 Å². The maximum Gasteiger partial charge on any atom is 0.306 e. The van der Waals surface area contributed by atoms with Crippen molar-refractivity contribution in [2.24, 2.45) is 0 Å². The van der Waals surface area contributed by atoms with Gasteiger partial charge in [0.1, 0.15) is 12.4 Å². The van der Waals surface area contributed by atoms with Crippen LogP contribution in [0.3, 0.4) is 0 Å². The predicted octanol–water partition coefficient (Wildman–Crippen LogP) is 2.21. The van der Waals surface area contributed by atoms with E-state index in [0.29, 0.717) is 12.8 Å². The molecule has 0 radical (unpaired) electrons. The third-order valence-electron chi connectivity index (χ3n) is 2.13. The highest BCUT2D eigenvalue weighted by Crippen LogP contribution is 2.04. The molecule has 0 unspecified atom stereocenters. The Hall–Kier alpha value is -1.45. The Bertz CT molecular complexity index is 305. The Morgan fingerprint density at radius 2 is 1.65 bits per heavy atom. The van der Waals surface area contributed by atoms with Crippen LogP contribution in [0.5, 0.6) is 0 Å². The van der Waals surface area contributed by atoms with Gasteiger partial charge in [-0.15, -0.1) is 6.58 Å². The molecule has 0 spiro atoms. The molecule has 0 saturated carbocycles. The highest BCUT2D eigenvalue weighted by molar-refractivity contribution is 5.86. The average molecular weight is 240 g/mol. The van der Waals surface area contributed by atoms with E-state index in [0.717, 1.165) is 12.0 Å². The number of allylic oxidation sites excluding steroid dienone is 1. The van der Waals surface area contributed by atoms with Crippen molar-refractivity contribution in [3.05, 3.63) is 12.2 Å². The third kappa shape index (κ3) is 10.8. The number of Topliss-reactive ketones (excluding diaryl/α,β-unsaturated/α-hetero) is 2. The standard InChI is InChI=1S/C13H20O4/c1-10(2)5-4-6-13(16)17-9-12(15)8-7-11(3)14/h1,4-9H2,2-3H3. The van der Waals surface area contributed by atoms with Crippen molar-refractivity contribution in [3.63, 3.8) is 0 Å². The van der Waals surface area contributed by atoms with Crippen LogP contribution in [0.15, 0.2) is 12.2 Å². The Morgan fingerprint density at radius 1 is 1.00 bits per heavy atom. The first-order valence-electron chi connectivity index (χ1n) is 5.73. The molecule has 17 heavy (non-hydrogen) atoms. The minimum absolute atomic E-state index is 0.0360. The molecule has 4 nitrogen and oxygen atoms in total. The summed E-state index contributed by atoms with van der Waals surface area (Å²) in [4.78, 5) is 33.0. The van der Waals surface area contributed by atoms with Crippen molar-refractivity contribution in [1.29, 1.82) is 0 Å². The summed E-state index contributed by atoms with van der Waals surface area (Å²) >= 11 is 0. The maximum atomic E-state index is 11.2. The minimum Gasteiger partial charge on any atom is -0.458 e. The van der Waals surface area contributed by atoms with Crippen LogP contribution in [0.2, 0.25) is 0 Å². The van der Waals surface area contributed by atoms with Crippen LogP contribution >= 0.6 is 0 Å². The van der Waals surface area contributed by atoms with E-state index < -0.39 is 0 Å². The minimum atomic E-state index is -0.373. The number of carbonyl (C=O) groups excluding carboxylic acids is 3. The lowest BCUT2D eigenvalue weighted by Gasteiger charge is -2.03. The van der Waals surface area contributed by atoms with Gasteiger partial charge >= 0.3 is 5.97 Å². The number of esters is 1. The van der Waals surface area contributed by atoms with Gasteiger partial charge in [0.2, 0.25) is 0 Å². The molecular formula is C13H20O4. The van der Waals surface area contributed by atoms with Crippen molar-refractivity contribution in [2.45, 2.75) is 46.0 Å². The Morgan fingerprint density at radius 3 is 2.18 bits per heavy atom. The molecule has 0 aliphatic carbocycles. The largest absolute Gasteiger partial charge is 0.458 e. The number of hydrogen-bond donors (Lipinski definition) is 0. The van der Waals surface area contributed by atoms with E-state index in [1.807, 2.05) is 6.92 Å². The third-order valence-corrected chi connectivity index (χ3v) is 2.13. The van der Waals surface area contributed by atoms with Crippen LogP contribution < -0.4 is 0 Å². The van der Waals surface area contributed by atoms with Crippen molar-refractivity contribution in [2.75, 3.05) is 6.61 Å². The van der Waals surface area contributed by atoms with E-state index in [2.05, 4.69) is 6.58 Å². The first-order valence-corrected chi connectivity index (χ1v) is 5.73. The molecule has 0 bridgehead atoms. The zero-order valence-electron chi connectivity index (χ0n) is 10.6. The van der Waals surface area contributed by atoms with Crippen LogP contribution in [-0.2, 0) is 19.1 Å². The van der Waals surface area contributed by atoms with Crippen LogP contribution in [0.4, 0.5) is 0 Å². The number of ether oxygens (including phenoxy) is 1. The molecule has 0 aromatic carbocycles. The molecule has 0 amide bonds. The van der Waals surface area contributed by atoms with Gasteiger partial charge in [-0.3, -0.25) is 9.59 Å². The van der Waals surface area contributed by atoms with Crippen LogP contribution in [0.1, 0.15) is 46.0 Å². The zero-order valence-corrected chi connectivity index (χ0v) is 10.6. The van der Waals surface area contributed by atoms with E-state index in [4.69, 9.17) is 4.74 Å². The smallest absolute Gasteiger partial charge is 0.306 e. The summed E-state index contributed by atoms with van der Waals surface area (Å²) in [5, 5.41) is 0. The lowest BCUT2D eigenvalue weighted by atomic mass is 10.1. The fourth-order valence-electron chi connectivity index (χ4n) is 1.16. The Labute approximate surface area is 102 Å². The molecule has 0 aliphatic rings. The van der Waals surface area contributed by atoms with Gasteiger partial charge in [0.25, 0.3) is 0 Å². The molecule has 0 saturated heterocycles. The van der Waals surface area contributed by atoms with Crippen molar-refractivity contribution in [1.82, 2.24) is 0 Å². The quantitative estimate of drug-likeness (QED) is 0.458. The summed E-state index contributed by atoms with van der Waals surface area (Å²) in [5.74, 6) is -0.623. The lowest BCUT2D eigenvalue weighted by molar-refractivity contribution is -0.148. The monoisotopic (exact) mass is 240 g/mol. The van der Waals surface area contributed by atoms with E-state index >= 15 is 0 Å². The summed E-state index contributed by atoms with van der Waals surface area (Å²) in [6.45, 7) is 6.83. The Kier molecular flexibility index (Phi) is 7.93. The van der Waals surface area contributed by atoms with Crippen molar-refractivity contribution >= 4 is 17.5 Å². The molecule has 0 aromatic rings. The fourth-order valence-corrected chi connectivity index (χ4v) is 1.16. The second-order valence-electron chi connectivity index (χ2n) is 4.21. The Balaban J connectivity index is 3.59. The maximum absolute atomic E-state index is 11.2. The van der Waals surface area contributed by atoms with Crippen LogP contribution in [0.25, 0.3) is 0 Å². The highest BCUT2D eigenvalue weighted by atomic mass is 16.5. The number of hydrogen-bond acceptors (Lipinski definition) is 4. The fraction of sp³-hybridized carbons (Fsp3) is 0.615. The SMILES string of the molecule is C=C(C)CCCC(=O)OCC(=O)CCC(C)=O. The number of carbonyl (C=O) groups is 3. The van der Waals surface area contributed by atoms with Gasteiger partial charge in [-0.25, -0.2) is 0 Å². The van der Waals surface area contributed by atoms with E-state index in [1.165, 1.54) is 6.92 Å². The second-order valence-corrected chi connectivity index (χ2v) is 4.21. The lowest BCUT2D eigenvalue weighted by Crippen LogP contribution is -2.14. The van der Waals surface area contributed by atoms with Gasteiger partial charge in [-0.05, 0) is 26.7 Å². The highest BCUT2D eigenvalue weighted by Gasteiger charge is 2.08. The predicted molar refractivity (Wildman–Crippen MR) is 64.5 cm³/mol. The van der Waals surface area contributed by atoms with Gasteiger partial charge in [0.15, 0.2) is 5.78 Å². The molecule has 0 aromatic heterocycles. The zero-order chi connectivity index (χ0) is 13.3. The summed E-state index contributed by atoms with van der Waals surface area (Å²) in [5.41, 5.74) is 1.02. The van der Waals surface area contributed by atoms with E-state index in [9.17, 15) is 14.4 Å². The first-order chi connectivity index (χ1) is 7.91. The number of rotatable bonds is 9. The van der Waals surface area contributed by atoms with Gasteiger partial charge in [-0.2, -0.15) is 0 Å². The number of ketones is 2. The topological polar surface area (TPSA) is 60.4 Å². The first kappa shape index (κ1) is 15.6. The van der Waals surface area contributed by atoms with E-state index in [1.54, 1.807) is 0 Å². The van der Waals surface area contributed by atoms with Gasteiger partial charge in [0.05, 0.1) is 0 Å². The van der Waals surface area contributed by atoms with Gasteiger partial charge in [-0.1, -0.05) is 5.57 Å². The van der Waals surface area contributed by atoms with Crippen LogP contribution in [0, 0.1) is 0 Å². The average Bonchev–Trinajstić information content (AvgIpc) is 2.23. The van der Waals surface area contributed by atoms with Gasteiger partial charge < -0.3 is 9.53 Å². The summed E-state index contributed by atoms with van der Waals surface area (Å²) in [6, 6.07) is 0. The molecule has 0 rings (SSSR count). The summed E-state index contributed by atoms with van der Waals surface area (Å²) in [6.07, 6.45) is 2.14. The summed E-state index contributed by atoms with van der Waals surface area (Å²) in [7, 11) is 0. The molecule has 96 valence electrons. The van der Waals surface area contributed by atoms with Crippen LogP contribution in [-0.4, -0.2) is 24.1 Å². The molecule has 0 N–H and O–H groups in total. The molecule has 0 atom stereocenters. The normalized spacial score (nSPS) is 9.76. The summed E-state index contributed by atoms with van der Waals surface area (Å²) < 4.78 is 4.79. The van der Waals surface area contributed by atoms with Crippen molar-refractivity contribution in [3.8, 4) is 0 Å². The second kappa shape index (κ2) is 8.67. The molecule has 4 heteroatoms. The molecule has 0 fully saturated rings. The van der Waals surface area contributed by atoms with Crippen molar-refractivity contribution < 1.29 is 19.1 Å². The molecular weight excluding hydrogens is 220 g/mol. The molecule has 0 heterocycles. The van der Waals surface area contributed by atoms with E-state index in [-0.39, 0.29) is 37.0 Å².